The molecule has 1 rings (SSSR count). The van der Waals surface area contributed by atoms with Crippen LogP contribution in [0.25, 0.3) is 0 Å². The van der Waals surface area contributed by atoms with Crippen LogP contribution in [0.15, 0.2) is 0 Å². The molecule has 66 valence electrons. The van der Waals surface area contributed by atoms with Gasteiger partial charge in [-0.05, 0) is 25.3 Å². The fraction of sp³-hybridized carbons (Fsp3) is 1.00. The van der Waals surface area contributed by atoms with E-state index in [4.69, 9.17) is 4.74 Å². The highest BCUT2D eigenvalue weighted by Gasteiger charge is 2.12. The maximum atomic E-state index is 5.45. The van der Waals surface area contributed by atoms with Gasteiger partial charge in [-0.1, -0.05) is 13.8 Å². The average molecular weight is 157 g/mol. The fourth-order valence-electron chi connectivity index (χ4n) is 1.49. The second-order valence-corrected chi connectivity index (χ2v) is 3.71. The van der Waals surface area contributed by atoms with Crippen LogP contribution in [0.3, 0.4) is 0 Å². The smallest absolute Gasteiger partial charge is 0.0619 e. The van der Waals surface area contributed by atoms with Gasteiger partial charge >= 0.3 is 0 Å². The predicted octanol–water partition coefficient (Wildman–Crippen LogP) is 1.41. The Hall–Kier alpha value is -0.0800. The van der Waals surface area contributed by atoms with E-state index >= 15 is 0 Å². The molecular weight excluding hydrogens is 138 g/mol. The van der Waals surface area contributed by atoms with E-state index in [1.54, 1.807) is 0 Å². The quantitative estimate of drug-likeness (QED) is 0.654. The van der Waals surface area contributed by atoms with E-state index in [1.165, 1.54) is 6.42 Å². The molecule has 1 unspecified atom stereocenters. The molecule has 0 saturated carbocycles. The van der Waals surface area contributed by atoms with Gasteiger partial charge in [-0.25, -0.2) is 0 Å². The minimum atomic E-state index is 0.595. The molecule has 0 bridgehead atoms. The molecular formula is C9H19NO. The minimum Gasteiger partial charge on any atom is -0.380 e. The zero-order valence-corrected chi connectivity index (χ0v) is 7.60. The second-order valence-electron chi connectivity index (χ2n) is 3.71. The van der Waals surface area contributed by atoms with E-state index in [2.05, 4.69) is 19.2 Å². The molecule has 1 saturated heterocycles. The maximum absolute atomic E-state index is 5.45. The summed E-state index contributed by atoms with van der Waals surface area (Å²) >= 11 is 0. The Kier molecular flexibility index (Phi) is 3.87. The van der Waals surface area contributed by atoms with Gasteiger partial charge in [0.1, 0.15) is 0 Å². The van der Waals surface area contributed by atoms with E-state index in [1.807, 2.05) is 0 Å². The molecule has 2 nitrogen and oxygen atoms in total. The zero-order valence-electron chi connectivity index (χ0n) is 7.60. The minimum absolute atomic E-state index is 0.595. The largest absolute Gasteiger partial charge is 0.380 e. The van der Waals surface area contributed by atoms with Crippen molar-refractivity contribution in [3.05, 3.63) is 0 Å². The van der Waals surface area contributed by atoms with E-state index in [-0.39, 0.29) is 0 Å². The van der Waals surface area contributed by atoms with Crippen LogP contribution in [-0.2, 0) is 4.74 Å². The summed E-state index contributed by atoms with van der Waals surface area (Å²) < 4.78 is 5.45. The molecule has 0 aromatic heterocycles. The van der Waals surface area contributed by atoms with Crippen LogP contribution >= 0.6 is 0 Å². The highest BCUT2D eigenvalue weighted by molar-refractivity contribution is 4.70. The zero-order chi connectivity index (χ0) is 8.10. The first-order valence-electron chi connectivity index (χ1n) is 4.60. The van der Waals surface area contributed by atoms with Crippen molar-refractivity contribution >= 4 is 0 Å². The van der Waals surface area contributed by atoms with Gasteiger partial charge in [0.2, 0.25) is 0 Å². The van der Waals surface area contributed by atoms with Gasteiger partial charge in [0.05, 0.1) is 6.61 Å². The average Bonchev–Trinajstić information content (AvgIpc) is 2.14. The van der Waals surface area contributed by atoms with Gasteiger partial charge in [-0.2, -0.15) is 0 Å². The number of ether oxygens (including phenoxy) is 1. The van der Waals surface area contributed by atoms with E-state index in [9.17, 15) is 0 Å². The van der Waals surface area contributed by atoms with Crippen LogP contribution in [0.1, 0.15) is 26.7 Å². The van der Waals surface area contributed by atoms with Crippen LogP contribution in [0.2, 0.25) is 0 Å². The normalized spacial score (nSPS) is 27.0. The van der Waals surface area contributed by atoms with Crippen LogP contribution in [0, 0.1) is 5.92 Å². The molecule has 1 aliphatic heterocycles. The van der Waals surface area contributed by atoms with E-state index < -0.39 is 0 Å². The highest BCUT2D eigenvalue weighted by Crippen LogP contribution is 2.06. The third-order valence-corrected chi connectivity index (χ3v) is 1.97. The van der Waals surface area contributed by atoms with Crippen molar-refractivity contribution in [1.82, 2.24) is 5.32 Å². The predicted molar refractivity (Wildman–Crippen MR) is 46.7 cm³/mol. The van der Waals surface area contributed by atoms with Crippen LogP contribution in [-0.4, -0.2) is 25.8 Å². The summed E-state index contributed by atoms with van der Waals surface area (Å²) in [7, 11) is 0. The van der Waals surface area contributed by atoms with Crippen molar-refractivity contribution < 1.29 is 4.74 Å². The van der Waals surface area contributed by atoms with Gasteiger partial charge in [0, 0.05) is 12.6 Å². The molecule has 0 aromatic carbocycles. The van der Waals surface area contributed by atoms with Crippen molar-refractivity contribution in [2.24, 2.45) is 5.92 Å². The van der Waals surface area contributed by atoms with Crippen LogP contribution in [0.4, 0.5) is 0 Å². The number of rotatable bonds is 2. The molecule has 2 heteroatoms. The number of nitrogens with one attached hydrogen (secondary N) is 1. The lowest BCUT2D eigenvalue weighted by Gasteiger charge is -2.16. The van der Waals surface area contributed by atoms with Crippen LogP contribution in [0.5, 0.6) is 0 Å². The summed E-state index contributed by atoms with van der Waals surface area (Å²) in [6, 6.07) is 0.595. The molecule has 11 heavy (non-hydrogen) atoms. The third kappa shape index (κ3) is 3.73. The summed E-state index contributed by atoms with van der Waals surface area (Å²) in [6.07, 6.45) is 2.40. The Morgan fingerprint density at radius 1 is 1.55 bits per heavy atom. The SMILES string of the molecule is CC(C)CC1COCCCN1. The monoisotopic (exact) mass is 157 g/mol. The standard InChI is InChI=1S/C9H19NO/c1-8(2)6-9-7-11-5-3-4-10-9/h8-10H,3-7H2,1-2H3. The molecule has 0 aliphatic carbocycles. The Bertz CT molecular complexity index is 95.7. The Morgan fingerprint density at radius 3 is 3.09 bits per heavy atom. The van der Waals surface area contributed by atoms with Crippen molar-refractivity contribution in [2.45, 2.75) is 32.7 Å². The molecule has 0 aromatic rings. The molecule has 1 fully saturated rings. The van der Waals surface area contributed by atoms with Crippen molar-refractivity contribution in [3.63, 3.8) is 0 Å². The number of hydrogen-bond donors (Lipinski definition) is 1. The molecule has 1 heterocycles. The first-order chi connectivity index (χ1) is 5.29. The van der Waals surface area contributed by atoms with Gasteiger partial charge in [-0.15, -0.1) is 0 Å². The Balaban J connectivity index is 2.20. The molecule has 1 aliphatic rings. The maximum Gasteiger partial charge on any atom is 0.0619 e. The van der Waals surface area contributed by atoms with Crippen molar-refractivity contribution in [3.8, 4) is 0 Å². The summed E-state index contributed by atoms with van der Waals surface area (Å²) in [6.45, 7) is 7.47. The summed E-state index contributed by atoms with van der Waals surface area (Å²) in [5, 5.41) is 3.49. The van der Waals surface area contributed by atoms with E-state index in [0.717, 1.165) is 32.1 Å². The van der Waals surface area contributed by atoms with Gasteiger partial charge < -0.3 is 10.1 Å². The van der Waals surface area contributed by atoms with Gasteiger partial charge in [-0.3, -0.25) is 0 Å². The first kappa shape index (κ1) is 9.01. The van der Waals surface area contributed by atoms with Crippen molar-refractivity contribution in [1.29, 1.82) is 0 Å². The lowest BCUT2D eigenvalue weighted by molar-refractivity contribution is 0.125. The Labute approximate surface area is 69.3 Å². The summed E-state index contributed by atoms with van der Waals surface area (Å²) in [4.78, 5) is 0. The highest BCUT2D eigenvalue weighted by atomic mass is 16.5. The molecule has 0 amide bonds. The molecule has 0 spiro atoms. The Morgan fingerprint density at radius 2 is 2.36 bits per heavy atom. The number of hydrogen-bond acceptors (Lipinski definition) is 2. The van der Waals surface area contributed by atoms with Crippen LogP contribution < -0.4 is 5.32 Å². The van der Waals surface area contributed by atoms with E-state index in [0.29, 0.717) is 6.04 Å². The summed E-state index contributed by atoms with van der Waals surface area (Å²) in [5.41, 5.74) is 0. The van der Waals surface area contributed by atoms with Crippen molar-refractivity contribution in [2.75, 3.05) is 19.8 Å². The molecule has 0 radical (unpaired) electrons. The third-order valence-electron chi connectivity index (χ3n) is 1.97. The fourth-order valence-corrected chi connectivity index (χ4v) is 1.49. The van der Waals surface area contributed by atoms with Gasteiger partial charge in [0.25, 0.3) is 0 Å². The lowest BCUT2D eigenvalue weighted by atomic mass is 10.0. The second kappa shape index (κ2) is 4.73. The molecule has 1 N–H and O–H groups in total. The lowest BCUT2D eigenvalue weighted by Crippen LogP contribution is -2.32. The summed E-state index contributed by atoms with van der Waals surface area (Å²) in [5.74, 6) is 0.772. The first-order valence-corrected chi connectivity index (χ1v) is 4.60. The van der Waals surface area contributed by atoms with Gasteiger partial charge in [0.15, 0.2) is 0 Å². The molecule has 1 atom stereocenters. The topological polar surface area (TPSA) is 21.3 Å².